The SMILES string of the molecule is C#CCCNC1(C(F)(F)F)CC1. The molecule has 0 radical (unpaired) electrons. The van der Waals surface area contributed by atoms with Crippen LogP contribution in [0.25, 0.3) is 0 Å². The largest absolute Gasteiger partial charge is 0.406 e. The zero-order chi connectivity index (χ0) is 9.24. The Morgan fingerprint density at radius 3 is 2.33 bits per heavy atom. The lowest BCUT2D eigenvalue weighted by Gasteiger charge is -2.19. The molecule has 0 aromatic carbocycles. The minimum atomic E-state index is -4.12. The van der Waals surface area contributed by atoms with Crippen molar-refractivity contribution in [3.8, 4) is 12.3 Å². The summed E-state index contributed by atoms with van der Waals surface area (Å²) in [5.41, 5.74) is -1.61. The fourth-order valence-electron chi connectivity index (χ4n) is 1.06. The van der Waals surface area contributed by atoms with Gasteiger partial charge in [-0.3, -0.25) is 0 Å². The Morgan fingerprint density at radius 2 is 2.00 bits per heavy atom. The van der Waals surface area contributed by atoms with Crippen LogP contribution >= 0.6 is 0 Å². The van der Waals surface area contributed by atoms with Crippen LogP contribution in [0.3, 0.4) is 0 Å². The van der Waals surface area contributed by atoms with Crippen molar-refractivity contribution < 1.29 is 13.2 Å². The Hall–Kier alpha value is -0.690. The fraction of sp³-hybridized carbons (Fsp3) is 0.750. The summed E-state index contributed by atoms with van der Waals surface area (Å²) in [6, 6.07) is 0. The van der Waals surface area contributed by atoms with Gasteiger partial charge < -0.3 is 5.32 Å². The predicted octanol–water partition coefficient (Wildman–Crippen LogP) is 1.69. The molecule has 0 bridgehead atoms. The van der Waals surface area contributed by atoms with Crippen molar-refractivity contribution in [1.29, 1.82) is 0 Å². The van der Waals surface area contributed by atoms with Crippen LogP contribution in [0.1, 0.15) is 19.3 Å². The van der Waals surface area contributed by atoms with Crippen molar-refractivity contribution >= 4 is 0 Å². The molecule has 1 aliphatic rings. The minimum Gasteiger partial charge on any atom is -0.303 e. The zero-order valence-corrected chi connectivity index (χ0v) is 6.54. The van der Waals surface area contributed by atoms with Gasteiger partial charge in [0.25, 0.3) is 0 Å². The molecule has 1 N–H and O–H groups in total. The highest BCUT2D eigenvalue weighted by Crippen LogP contribution is 2.48. The van der Waals surface area contributed by atoms with Crippen molar-refractivity contribution in [3.63, 3.8) is 0 Å². The zero-order valence-electron chi connectivity index (χ0n) is 6.54. The maximum absolute atomic E-state index is 12.2. The molecule has 0 saturated heterocycles. The van der Waals surface area contributed by atoms with Gasteiger partial charge in [0.2, 0.25) is 0 Å². The molecule has 0 heterocycles. The first kappa shape index (κ1) is 9.40. The normalized spacial score (nSPS) is 20.2. The summed E-state index contributed by atoms with van der Waals surface area (Å²) in [5.74, 6) is 2.29. The molecule has 12 heavy (non-hydrogen) atoms. The highest BCUT2D eigenvalue weighted by atomic mass is 19.4. The molecule has 0 spiro atoms. The van der Waals surface area contributed by atoms with Gasteiger partial charge in [-0.15, -0.1) is 12.3 Å². The van der Waals surface area contributed by atoms with Gasteiger partial charge in [0.05, 0.1) is 0 Å². The Morgan fingerprint density at radius 1 is 1.42 bits per heavy atom. The second kappa shape index (κ2) is 2.98. The number of hydrogen-bond acceptors (Lipinski definition) is 1. The first-order chi connectivity index (χ1) is 5.52. The van der Waals surface area contributed by atoms with Crippen LogP contribution in [0, 0.1) is 12.3 Å². The van der Waals surface area contributed by atoms with Crippen molar-refractivity contribution in [3.05, 3.63) is 0 Å². The smallest absolute Gasteiger partial charge is 0.303 e. The summed E-state index contributed by atoms with van der Waals surface area (Å²) in [5, 5.41) is 2.44. The highest BCUT2D eigenvalue weighted by molar-refractivity contribution is 5.08. The fourth-order valence-corrected chi connectivity index (χ4v) is 1.06. The lowest BCUT2D eigenvalue weighted by atomic mass is 10.2. The Kier molecular flexibility index (Phi) is 2.34. The summed E-state index contributed by atoms with van der Waals surface area (Å²) in [7, 11) is 0. The van der Waals surface area contributed by atoms with E-state index in [0.29, 0.717) is 6.42 Å². The van der Waals surface area contributed by atoms with Crippen LogP contribution in [0.4, 0.5) is 13.2 Å². The van der Waals surface area contributed by atoms with Crippen molar-refractivity contribution in [2.24, 2.45) is 0 Å². The highest BCUT2D eigenvalue weighted by Gasteiger charge is 2.62. The lowest BCUT2D eigenvalue weighted by Crippen LogP contribution is -2.45. The topological polar surface area (TPSA) is 12.0 Å². The molecule has 4 heteroatoms. The van der Waals surface area contributed by atoms with E-state index in [2.05, 4.69) is 11.2 Å². The van der Waals surface area contributed by atoms with Crippen LogP contribution in [-0.2, 0) is 0 Å². The number of hydrogen-bond donors (Lipinski definition) is 1. The average molecular weight is 177 g/mol. The number of halogens is 3. The summed E-state index contributed by atoms with van der Waals surface area (Å²) in [6.45, 7) is 0.246. The van der Waals surface area contributed by atoms with Crippen LogP contribution in [0.5, 0.6) is 0 Å². The van der Waals surface area contributed by atoms with Gasteiger partial charge in [-0.2, -0.15) is 13.2 Å². The molecule has 1 nitrogen and oxygen atoms in total. The number of rotatable bonds is 3. The van der Waals surface area contributed by atoms with E-state index >= 15 is 0 Å². The van der Waals surface area contributed by atoms with Crippen LogP contribution < -0.4 is 5.32 Å². The van der Waals surface area contributed by atoms with E-state index in [-0.39, 0.29) is 19.4 Å². The van der Waals surface area contributed by atoms with Gasteiger partial charge in [-0.05, 0) is 12.8 Å². The summed E-state index contributed by atoms with van der Waals surface area (Å²) >= 11 is 0. The van der Waals surface area contributed by atoms with Crippen LogP contribution in [0.15, 0.2) is 0 Å². The Labute approximate surface area is 69.3 Å². The van der Waals surface area contributed by atoms with Gasteiger partial charge in [0, 0.05) is 13.0 Å². The maximum atomic E-state index is 12.2. The van der Waals surface area contributed by atoms with Gasteiger partial charge in [0.15, 0.2) is 0 Å². The van der Waals surface area contributed by atoms with E-state index in [1.165, 1.54) is 0 Å². The lowest BCUT2D eigenvalue weighted by molar-refractivity contribution is -0.165. The molecule has 1 fully saturated rings. The number of alkyl halides is 3. The standard InChI is InChI=1S/C8H10F3N/c1-2-3-6-12-7(4-5-7)8(9,10)11/h1,12H,3-6H2. The molecule has 0 unspecified atom stereocenters. The van der Waals surface area contributed by atoms with E-state index in [1.807, 2.05) is 0 Å². The molecule has 1 saturated carbocycles. The summed E-state index contributed by atoms with van der Waals surface area (Å²) in [4.78, 5) is 0. The van der Waals surface area contributed by atoms with E-state index in [1.54, 1.807) is 0 Å². The van der Waals surface area contributed by atoms with E-state index < -0.39 is 11.7 Å². The molecule has 68 valence electrons. The van der Waals surface area contributed by atoms with Crippen molar-refractivity contribution in [2.45, 2.75) is 31.0 Å². The van der Waals surface area contributed by atoms with Gasteiger partial charge in [-0.25, -0.2) is 0 Å². The van der Waals surface area contributed by atoms with E-state index in [9.17, 15) is 13.2 Å². The third kappa shape index (κ3) is 1.72. The first-order valence-electron chi connectivity index (χ1n) is 3.77. The summed E-state index contributed by atoms with van der Waals surface area (Å²) in [6.07, 6.45) is 1.50. The molecule has 0 aromatic rings. The molecule has 0 aromatic heterocycles. The summed E-state index contributed by atoms with van der Waals surface area (Å²) < 4.78 is 36.6. The Bertz CT molecular complexity index is 197. The second-order valence-electron chi connectivity index (χ2n) is 2.96. The molecular formula is C8H10F3N. The van der Waals surface area contributed by atoms with Crippen molar-refractivity contribution in [2.75, 3.05) is 6.54 Å². The first-order valence-corrected chi connectivity index (χ1v) is 3.77. The van der Waals surface area contributed by atoms with E-state index in [0.717, 1.165) is 0 Å². The molecule has 1 rings (SSSR count). The Balaban J connectivity index is 2.36. The predicted molar refractivity (Wildman–Crippen MR) is 39.5 cm³/mol. The monoisotopic (exact) mass is 177 g/mol. The number of terminal acetylenes is 1. The number of nitrogens with one attached hydrogen (secondary N) is 1. The third-order valence-corrected chi connectivity index (χ3v) is 2.03. The van der Waals surface area contributed by atoms with Crippen LogP contribution in [0.2, 0.25) is 0 Å². The molecular weight excluding hydrogens is 167 g/mol. The second-order valence-corrected chi connectivity index (χ2v) is 2.96. The molecule has 0 atom stereocenters. The minimum absolute atomic E-state index is 0.182. The molecule has 0 amide bonds. The third-order valence-electron chi connectivity index (χ3n) is 2.03. The maximum Gasteiger partial charge on any atom is 0.406 e. The molecule has 0 aliphatic heterocycles. The van der Waals surface area contributed by atoms with Gasteiger partial charge >= 0.3 is 6.18 Å². The quantitative estimate of drug-likeness (QED) is 0.511. The average Bonchev–Trinajstić information content (AvgIpc) is 2.67. The van der Waals surface area contributed by atoms with Gasteiger partial charge in [-0.1, -0.05) is 0 Å². The van der Waals surface area contributed by atoms with E-state index in [4.69, 9.17) is 6.42 Å². The van der Waals surface area contributed by atoms with Crippen molar-refractivity contribution in [1.82, 2.24) is 5.32 Å². The van der Waals surface area contributed by atoms with Gasteiger partial charge in [0.1, 0.15) is 5.54 Å². The molecule has 1 aliphatic carbocycles. The van der Waals surface area contributed by atoms with Crippen LogP contribution in [-0.4, -0.2) is 18.3 Å².